The van der Waals surface area contributed by atoms with Crippen LogP contribution in [0.5, 0.6) is 0 Å². The van der Waals surface area contributed by atoms with Gasteiger partial charge in [0, 0.05) is 31.7 Å². The molecule has 0 radical (unpaired) electrons. The Labute approximate surface area is 144 Å². The van der Waals surface area contributed by atoms with Crippen LogP contribution in [0.4, 0.5) is 0 Å². The molecule has 0 unspecified atom stereocenters. The summed E-state index contributed by atoms with van der Waals surface area (Å²) in [6.45, 7) is 7.07. The van der Waals surface area contributed by atoms with Crippen molar-refractivity contribution in [1.82, 2.24) is 9.21 Å². The number of piperidine rings is 1. The minimum Gasteiger partial charge on any atom is -0.338 e. The van der Waals surface area contributed by atoms with Crippen molar-refractivity contribution in [2.45, 2.75) is 38.0 Å². The Hall–Kier alpha value is -1.40. The fourth-order valence-corrected chi connectivity index (χ4v) is 5.38. The highest BCUT2D eigenvalue weighted by molar-refractivity contribution is 7.89. The first-order valence-electron chi connectivity index (χ1n) is 8.77. The van der Waals surface area contributed by atoms with Crippen molar-refractivity contribution in [3.05, 3.63) is 29.8 Å². The number of rotatable bonds is 3. The number of carbonyl (C=O) groups is 1. The lowest BCUT2D eigenvalue weighted by molar-refractivity contribution is 0.0623. The highest BCUT2D eigenvalue weighted by Crippen LogP contribution is 2.24. The van der Waals surface area contributed by atoms with Crippen LogP contribution < -0.4 is 0 Å². The van der Waals surface area contributed by atoms with Crippen molar-refractivity contribution in [3.63, 3.8) is 0 Å². The fourth-order valence-electron chi connectivity index (χ4n) is 3.86. The Morgan fingerprint density at radius 2 is 1.54 bits per heavy atom. The summed E-state index contributed by atoms with van der Waals surface area (Å²) in [6, 6.07) is 6.43. The van der Waals surface area contributed by atoms with Gasteiger partial charge in [-0.15, -0.1) is 0 Å². The molecule has 0 spiro atoms. The Morgan fingerprint density at radius 1 is 1.00 bits per heavy atom. The topological polar surface area (TPSA) is 57.7 Å². The molecular weight excluding hydrogens is 324 g/mol. The molecule has 1 amide bonds. The molecule has 0 N–H and O–H groups in total. The zero-order valence-corrected chi connectivity index (χ0v) is 15.3. The van der Waals surface area contributed by atoms with E-state index in [1.807, 2.05) is 4.90 Å². The Bertz CT molecular complexity index is 683. The van der Waals surface area contributed by atoms with Gasteiger partial charge >= 0.3 is 0 Å². The van der Waals surface area contributed by atoms with Crippen LogP contribution in [0.25, 0.3) is 0 Å². The van der Waals surface area contributed by atoms with E-state index in [0.717, 1.165) is 32.4 Å². The van der Waals surface area contributed by atoms with E-state index in [1.165, 1.54) is 4.31 Å². The van der Waals surface area contributed by atoms with Crippen molar-refractivity contribution >= 4 is 15.9 Å². The van der Waals surface area contributed by atoms with Gasteiger partial charge in [0.05, 0.1) is 4.90 Å². The summed E-state index contributed by atoms with van der Waals surface area (Å²) in [5.41, 5.74) is 0.566. The van der Waals surface area contributed by atoms with Crippen LogP contribution in [0.15, 0.2) is 29.2 Å². The average Bonchev–Trinajstić information content (AvgIpc) is 3.08. The SMILES string of the molecule is C[C@H]1C[C@H](C)CN(C(=O)c2ccc(S(=O)(=O)N3CCCC3)cc2)C1. The van der Waals surface area contributed by atoms with Crippen LogP contribution in [0.2, 0.25) is 0 Å². The molecular formula is C18H26N2O3S. The van der Waals surface area contributed by atoms with Gasteiger partial charge < -0.3 is 4.90 Å². The average molecular weight is 350 g/mol. The summed E-state index contributed by atoms with van der Waals surface area (Å²) < 4.78 is 26.6. The van der Waals surface area contributed by atoms with Gasteiger partial charge in [0.2, 0.25) is 10.0 Å². The van der Waals surface area contributed by atoms with Crippen LogP contribution in [-0.2, 0) is 10.0 Å². The van der Waals surface area contributed by atoms with Crippen molar-refractivity contribution < 1.29 is 13.2 Å². The molecule has 2 aliphatic rings. The number of benzene rings is 1. The zero-order chi connectivity index (χ0) is 17.3. The summed E-state index contributed by atoms with van der Waals surface area (Å²) >= 11 is 0. The van der Waals surface area contributed by atoms with Crippen LogP contribution in [-0.4, -0.2) is 49.7 Å². The molecule has 2 aliphatic heterocycles. The molecule has 0 aromatic heterocycles. The molecule has 0 saturated carbocycles. The largest absolute Gasteiger partial charge is 0.338 e. The fraction of sp³-hybridized carbons (Fsp3) is 0.611. The lowest BCUT2D eigenvalue weighted by atomic mass is 9.91. The summed E-state index contributed by atoms with van der Waals surface area (Å²) in [7, 11) is -3.42. The minimum absolute atomic E-state index is 0.00137. The van der Waals surface area contributed by atoms with Gasteiger partial charge in [0.15, 0.2) is 0 Å². The molecule has 0 aliphatic carbocycles. The molecule has 2 heterocycles. The van der Waals surface area contributed by atoms with Crippen molar-refractivity contribution in [1.29, 1.82) is 0 Å². The predicted molar refractivity (Wildman–Crippen MR) is 93.3 cm³/mol. The molecule has 5 nitrogen and oxygen atoms in total. The molecule has 132 valence electrons. The van der Waals surface area contributed by atoms with E-state index in [9.17, 15) is 13.2 Å². The third-order valence-electron chi connectivity index (χ3n) is 4.96. The quantitative estimate of drug-likeness (QED) is 0.842. The van der Waals surface area contributed by atoms with Gasteiger partial charge in [0.1, 0.15) is 0 Å². The Balaban J connectivity index is 1.75. The monoisotopic (exact) mass is 350 g/mol. The number of amides is 1. The third kappa shape index (κ3) is 3.49. The highest BCUT2D eigenvalue weighted by Gasteiger charge is 2.29. The van der Waals surface area contributed by atoms with Crippen LogP contribution >= 0.6 is 0 Å². The summed E-state index contributed by atoms with van der Waals surface area (Å²) in [6.07, 6.45) is 2.99. The maximum atomic E-state index is 12.7. The first-order chi connectivity index (χ1) is 11.4. The van der Waals surface area contributed by atoms with Crippen LogP contribution in [0, 0.1) is 11.8 Å². The van der Waals surface area contributed by atoms with Crippen LogP contribution in [0.1, 0.15) is 43.5 Å². The van der Waals surface area contributed by atoms with Gasteiger partial charge in [-0.05, 0) is 55.4 Å². The van der Waals surface area contributed by atoms with E-state index in [4.69, 9.17) is 0 Å². The standard InChI is InChI=1S/C18H26N2O3S/c1-14-11-15(2)13-19(12-14)18(21)16-5-7-17(8-6-16)24(22,23)20-9-3-4-10-20/h5-8,14-15H,3-4,9-13H2,1-2H3/t14-,15-/m0/s1. The number of sulfonamides is 1. The van der Waals surface area contributed by atoms with Crippen molar-refractivity contribution in [2.75, 3.05) is 26.2 Å². The summed E-state index contributed by atoms with van der Waals surface area (Å²) in [5.74, 6) is 1.01. The molecule has 1 aromatic rings. The smallest absolute Gasteiger partial charge is 0.253 e. The lowest BCUT2D eigenvalue weighted by Crippen LogP contribution is -2.42. The second-order valence-corrected chi connectivity index (χ2v) is 9.23. The summed E-state index contributed by atoms with van der Waals surface area (Å²) in [4.78, 5) is 14.8. The molecule has 6 heteroatoms. The van der Waals surface area contributed by atoms with Gasteiger partial charge in [-0.25, -0.2) is 8.42 Å². The molecule has 1 aromatic carbocycles. The normalized spacial score (nSPS) is 25.8. The molecule has 0 bridgehead atoms. The van der Waals surface area contributed by atoms with E-state index in [-0.39, 0.29) is 10.8 Å². The predicted octanol–water partition coefficient (Wildman–Crippen LogP) is 2.59. The van der Waals surface area contributed by atoms with Crippen molar-refractivity contribution in [3.8, 4) is 0 Å². The van der Waals surface area contributed by atoms with Crippen LogP contribution in [0.3, 0.4) is 0 Å². The molecule has 2 fully saturated rings. The van der Waals surface area contributed by atoms with E-state index in [0.29, 0.717) is 30.5 Å². The Kier molecular flexibility index (Phi) is 4.97. The minimum atomic E-state index is -3.42. The van der Waals surface area contributed by atoms with E-state index in [2.05, 4.69) is 13.8 Å². The van der Waals surface area contributed by atoms with Crippen molar-refractivity contribution in [2.24, 2.45) is 11.8 Å². The van der Waals surface area contributed by atoms with Gasteiger partial charge in [-0.2, -0.15) is 4.31 Å². The number of nitrogens with zero attached hydrogens (tertiary/aromatic N) is 2. The van der Waals surface area contributed by atoms with Gasteiger partial charge in [-0.3, -0.25) is 4.79 Å². The molecule has 3 rings (SSSR count). The number of likely N-dealkylation sites (tertiary alicyclic amines) is 1. The maximum absolute atomic E-state index is 12.7. The maximum Gasteiger partial charge on any atom is 0.253 e. The van der Waals surface area contributed by atoms with Gasteiger partial charge in [0.25, 0.3) is 5.91 Å². The molecule has 24 heavy (non-hydrogen) atoms. The molecule has 2 atom stereocenters. The zero-order valence-electron chi connectivity index (χ0n) is 14.4. The van der Waals surface area contributed by atoms with E-state index < -0.39 is 10.0 Å². The second-order valence-electron chi connectivity index (χ2n) is 7.29. The summed E-state index contributed by atoms with van der Waals surface area (Å²) in [5, 5.41) is 0. The third-order valence-corrected chi connectivity index (χ3v) is 6.87. The first-order valence-corrected chi connectivity index (χ1v) is 10.2. The van der Waals surface area contributed by atoms with Gasteiger partial charge in [-0.1, -0.05) is 13.8 Å². The first kappa shape index (κ1) is 17.4. The number of hydrogen-bond acceptors (Lipinski definition) is 3. The molecule has 2 saturated heterocycles. The Morgan fingerprint density at radius 3 is 2.08 bits per heavy atom. The van der Waals surface area contributed by atoms with E-state index >= 15 is 0 Å². The highest BCUT2D eigenvalue weighted by atomic mass is 32.2. The number of hydrogen-bond donors (Lipinski definition) is 0. The number of carbonyl (C=O) groups excluding carboxylic acids is 1. The van der Waals surface area contributed by atoms with E-state index in [1.54, 1.807) is 24.3 Å². The lowest BCUT2D eigenvalue weighted by Gasteiger charge is -2.35. The second kappa shape index (κ2) is 6.84.